The average molecular weight is 290 g/mol. The van der Waals surface area contributed by atoms with E-state index in [-0.39, 0.29) is 18.9 Å². The van der Waals surface area contributed by atoms with Gasteiger partial charge in [-0.2, -0.15) is 0 Å². The maximum absolute atomic E-state index is 10.7. The quantitative estimate of drug-likeness (QED) is 0.158. The SMILES string of the molecule is NC(=NCCCC(N)C(=O)O)N[C@@H](CC(=O)O)C(=O)O. The number of nitrogens with two attached hydrogens (primary N) is 2. The maximum atomic E-state index is 10.7. The molecule has 0 saturated carbocycles. The van der Waals surface area contributed by atoms with Crippen LogP contribution in [-0.2, 0) is 14.4 Å². The zero-order valence-electron chi connectivity index (χ0n) is 10.7. The molecule has 10 nitrogen and oxygen atoms in total. The number of carboxylic acids is 3. The first-order valence-electron chi connectivity index (χ1n) is 5.73. The predicted octanol–water partition coefficient (Wildman–Crippen LogP) is -1.99. The van der Waals surface area contributed by atoms with E-state index in [2.05, 4.69) is 10.3 Å². The van der Waals surface area contributed by atoms with Crippen molar-refractivity contribution >= 4 is 23.9 Å². The summed E-state index contributed by atoms with van der Waals surface area (Å²) in [4.78, 5) is 35.4. The molecule has 0 rings (SSSR count). The van der Waals surface area contributed by atoms with E-state index < -0.39 is 36.4 Å². The lowest BCUT2D eigenvalue weighted by Gasteiger charge is -2.12. The highest BCUT2D eigenvalue weighted by atomic mass is 16.4. The van der Waals surface area contributed by atoms with E-state index in [9.17, 15) is 14.4 Å². The predicted molar refractivity (Wildman–Crippen MR) is 68.1 cm³/mol. The third-order valence-corrected chi connectivity index (χ3v) is 2.27. The molecule has 0 aromatic carbocycles. The highest BCUT2D eigenvalue weighted by molar-refractivity contribution is 5.87. The van der Waals surface area contributed by atoms with Crippen LogP contribution in [0.4, 0.5) is 0 Å². The van der Waals surface area contributed by atoms with Crippen LogP contribution < -0.4 is 16.8 Å². The number of hydrogen-bond donors (Lipinski definition) is 6. The van der Waals surface area contributed by atoms with Crippen LogP contribution in [0.15, 0.2) is 4.99 Å². The Hall–Kier alpha value is -2.36. The first kappa shape index (κ1) is 17.6. The van der Waals surface area contributed by atoms with E-state index in [1.807, 2.05) is 0 Å². The summed E-state index contributed by atoms with van der Waals surface area (Å²) in [5.74, 6) is -3.99. The molecule has 0 amide bonds. The molecule has 10 heteroatoms. The van der Waals surface area contributed by atoms with Crippen molar-refractivity contribution in [2.24, 2.45) is 16.5 Å². The molecule has 0 saturated heterocycles. The van der Waals surface area contributed by atoms with E-state index in [1.54, 1.807) is 0 Å². The Morgan fingerprint density at radius 2 is 1.75 bits per heavy atom. The zero-order valence-corrected chi connectivity index (χ0v) is 10.7. The van der Waals surface area contributed by atoms with Crippen molar-refractivity contribution in [3.05, 3.63) is 0 Å². The second kappa shape index (κ2) is 8.69. The van der Waals surface area contributed by atoms with Crippen molar-refractivity contribution in [2.45, 2.75) is 31.3 Å². The fourth-order valence-corrected chi connectivity index (χ4v) is 1.23. The van der Waals surface area contributed by atoms with E-state index in [0.717, 1.165) is 0 Å². The topological polar surface area (TPSA) is 188 Å². The lowest BCUT2D eigenvalue weighted by Crippen LogP contribution is -2.45. The van der Waals surface area contributed by atoms with Crippen molar-refractivity contribution in [1.29, 1.82) is 0 Å². The molecular weight excluding hydrogens is 272 g/mol. The monoisotopic (exact) mass is 290 g/mol. The summed E-state index contributed by atoms with van der Waals surface area (Å²) in [5, 5.41) is 28.1. The van der Waals surface area contributed by atoms with Crippen LogP contribution in [0.25, 0.3) is 0 Å². The number of nitrogens with zero attached hydrogens (tertiary/aromatic N) is 1. The molecule has 0 aliphatic heterocycles. The minimum atomic E-state index is -1.38. The molecule has 20 heavy (non-hydrogen) atoms. The summed E-state index contributed by atoms with van der Waals surface area (Å²) in [6, 6.07) is -2.37. The van der Waals surface area contributed by atoms with Crippen molar-refractivity contribution in [2.75, 3.05) is 6.54 Å². The van der Waals surface area contributed by atoms with E-state index in [4.69, 9.17) is 26.8 Å². The number of carboxylic acid groups (broad SMARTS) is 3. The highest BCUT2D eigenvalue weighted by Gasteiger charge is 2.21. The molecule has 0 radical (unpaired) electrons. The van der Waals surface area contributed by atoms with Crippen LogP contribution in [0, 0.1) is 0 Å². The Labute approximate surface area is 114 Å². The molecule has 0 fully saturated rings. The van der Waals surface area contributed by atoms with Gasteiger partial charge in [-0.05, 0) is 12.8 Å². The van der Waals surface area contributed by atoms with Crippen molar-refractivity contribution in [1.82, 2.24) is 5.32 Å². The van der Waals surface area contributed by atoms with Gasteiger partial charge in [0.05, 0.1) is 6.42 Å². The molecule has 0 heterocycles. The lowest BCUT2D eigenvalue weighted by molar-refractivity contribution is -0.145. The first-order chi connectivity index (χ1) is 9.23. The number of carbonyl (C=O) groups is 3. The second-order valence-electron chi connectivity index (χ2n) is 3.99. The third kappa shape index (κ3) is 7.87. The Balaban J connectivity index is 4.19. The van der Waals surface area contributed by atoms with Crippen LogP contribution in [0.5, 0.6) is 0 Å². The smallest absolute Gasteiger partial charge is 0.326 e. The van der Waals surface area contributed by atoms with Gasteiger partial charge in [-0.3, -0.25) is 14.6 Å². The average Bonchev–Trinajstić information content (AvgIpc) is 2.32. The first-order valence-corrected chi connectivity index (χ1v) is 5.73. The molecule has 8 N–H and O–H groups in total. The standard InChI is InChI=1S/C10H18N4O6/c11-5(8(17)18)2-1-3-13-10(12)14-6(9(19)20)4-7(15)16/h5-6H,1-4,11H2,(H,15,16)(H,17,18)(H,19,20)(H3,12,13,14)/t5?,6-/m0/s1. The van der Waals surface area contributed by atoms with Gasteiger partial charge in [0, 0.05) is 6.54 Å². The number of hydrogen-bond acceptors (Lipinski definition) is 5. The van der Waals surface area contributed by atoms with Crippen LogP contribution in [0.3, 0.4) is 0 Å². The Bertz CT molecular complexity index is 397. The van der Waals surface area contributed by atoms with Gasteiger partial charge in [-0.15, -0.1) is 0 Å². The fraction of sp³-hybridized carbons (Fsp3) is 0.600. The van der Waals surface area contributed by atoms with Crippen molar-refractivity contribution in [3.8, 4) is 0 Å². The van der Waals surface area contributed by atoms with E-state index in [1.165, 1.54) is 0 Å². The van der Waals surface area contributed by atoms with Crippen molar-refractivity contribution in [3.63, 3.8) is 0 Å². The number of guanidine groups is 1. The fourth-order valence-electron chi connectivity index (χ4n) is 1.23. The number of aliphatic imine (C=N–C) groups is 1. The summed E-state index contributed by atoms with van der Waals surface area (Å²) in [6.45, 7) is 0.152. The molecule has 114 valence electrons. The van der Waals surface area contributed by atoms with Gasteiger partial charge in [0.25, 0.3) is 0 Å². The summed E-state index contributed by atoms with van der Waals surface area (Å²) in [7, 11) is 0. The molecule has 1 unspecified atom stereocenters. The Kier molecular flexibility index (Phi) is 7.67. The van der Waals surface area contributed by atoms with Crippen LogP contribution >= 0.6 is 0 Å². The zero-order chi connectivity index (χ0) is 15.7. The molecule has 0 bridgehead atoms. The maximum Gasteiger partial charge on any atom is 0.326 e. The van der Waals surface area contributed by atoms with Gasteiger partial charge in [0.1, 0.15) is 12.1 Å². The van der Waals surface area contributed by atoms with E-state index >= 15 is 0 Å². The van der Waals surface area contributed by atoms with Gasteiger partial charge < -0.3 is 32.1 Å². The molecule has 0 aliphatic rings. The molecule has 0 aliphatic carbocycles. The molecule has 2 atom stereocenters. The molecule has 0 aromatic heterocycles. The summed E-state index contributed by atoms with van der Waals surface area (Å²) in [6.07, 6.45) is -0.0917. The number of nitrogens with one attached hydrogen (secondary N) is 1. The van der Waals surface area contributed by atoms with Crippen LogP contribution in [-0.4, -0.2) is 57.8 Å². The summed E-state index contributed by atoms with van der Waals surface area (Å²) >= 11 is 0. The Morgan fingerprint density at radius 1 is 1.15 bits per heavy atom. The summed E-state index contributed by atoms with van der Waals surface area (Å²) < 4.78 is 0. The third-order valence-electron chi connectivity index (χ3n) is 2.27. The number of aliphatic carboxylic acids is 3. The number of rotatable bonds is 9. The summed E-state index contributed by atoms with van der Waals surface area (Å²) in [5.41, 5.74) is 10.7. The lowest BCUT2D eigenvalue weighted by atomic mass is 10.2. The normalized spacial score (nSPS) is 14.3. The molecule has 0 spiro atoms. The minimum Gasteiger partial charge on any atom is -0.481 e. The van der Waals surface area contributed by atoms with Gasteiger partial charge in [-0.1, -0.05) is 0 Å². The Morgan fingerprint density at radius 3 is 2.20 bits per heavy atom. The van der Waals surface area contributed by atoms with Gasteiger partial charge in [0.2, 0.25) is 0 Å². The van der Waals surface area contributed by atoms with Gasteiger partial charge >= 0.3 is 17.9 Å². The minimum absolute atomic E-state index is 0.152. The van der Waals surface area contributed by atoms with Crippen LogP contribution in [0.2, 0.25) is 0 Å². The van der Waals surface area contributed by atoms with Gasteiger partial charge in [0.15, 0.2) is 5.96 Å². The highest BCUT2D eigenvalue weighted by Crippen LogP contribution is 1.96. The molecule has 0 aromatic rings. The molecular formula is C10H18N4O6. The largest absolute Gasteiger partial charge is 0.481 e. The van der Waals surface area contributed by atoms with E-state index in [0.29, 0.717) is 6.42 Å². The van der Waals surface area contributed by atoms with Gasteiger partial charge in [-0.25, -0.2) is 4.79 Å². The second-order valence-corrected chi connectivity index (χ2v) is 3.99. The van der Waals surface area contributed by atoms with Crippen molar-refractivity contribution < 1.29 is 29.7 Å². The van der Waals surface area contributed by atoms with Crippen LogP contribution in [0.1, 0.15) is 19.3 Å².